The van der Waals surface area contributed by atoms with E-state index in [4.69, 9.17) is 11.6 Å². The predicted molar refractivity (Wildman–Crippen MR) is 125 cm³/mol. The van der Waals surface area contributed by atoms with E-state index in [9.17, 15) is 14.4 Å². The van der Waals surface area contributed by atoms with Gasteiger partial charge in [0, 0.05) is 35.4 Å². The van der Waals surface area contributed by atoms with Crippen LogP contribution in [0.4, 0.5) is 10.1 Å². The van der Waals surface area contributed by atoms with Crippen molar-refractivity contribution in [1.82, 2.24) is 14.8 Å². The van der Waals surface area contributed by atoms with Crippen LogP contribution in [0.2, 0.25) is 5.02 Å². The van der Waals surface area contributed by atoms with Gasteiger partial charge in [-0.1, -0.05) is 41.9 Å². The molecule has 8 heteroatoms. The van der Waals surface area contributed by atoms with E-state index in [-0.39, 0.29) is 16.3 Å². The number of nitriles is 1. The van der Waals surface area contributed by atoms with E-state index in [1.165, 1.54) is 18.2 Å². The highest BCUT2D eigenvalue weighted by atomic mass is 35.5. The van der Waals surface area contributed by atoms with Crippen molar-refractivity contribution >= 4 is 29.3 Å². The number of carbonyl (C=O) groups is 1. The molecule has 0 aliphatic heterocycles. The molecule has 0 radical (unpaired) electrons. The summed E-state index contributed by atoms with van der Waals surface area (Å²) in [7, 11) is 0. The number of benzene rings is 2. The maximum absolute atomic E-state index is 13.4. The van der Waals surface area contributed by atoms with Gasteiger partial charge in [0.05, 0.1) is 11.6 Å². The van der Waals surface area contributed by atoms with Gasteiger partial charge in [0.25, 0.3) is 5.91 Å². The molecule has 0 saturated carbocycles. The third-order valence-electron chi connectivity index (χ3n) is 4.75. The minimum Gasteiger partial charge on any atom is -0.321 e. The molecule has 0 aliphatic rings. The molecule has 0 spiro atoms. The Balaban J connectivity index is 1.68. The molecule has 2 aromatic heterocycles. The lowest BCUT2D eigenvalue weighted by molar-refractivity contribution is -0.112. The molecule has 2 heterocycles. The molecule has 1 amide bonds. The van der Waals surface area contributed by atoms with Crippen molar-refractivity contribution in [2.75, 3.05) is 5.32 Å². The first-order valence-corrected chi connectivity index (χ1v) is 10.3. The quantitative estimate of drug-likeness (QED) is 0.313. The molecule has 0 atom stereocenters. The number of carbonyl (C=O) groups excluding carboxylic acids is 1. The van der Waals surface area contributed by atoms with Crippen LogP contribution in [0.1, 0.15) is 11.1 Å². The molecule has 6 nitrogen and oxygen atoms in total. The van der Waals surface area contributed by atoms with Gasteiger partial charge in [-0.3, -0.25) is 14.5 Å². The molecule has 0 bridgehead atoms. The monoisotopic (exact) mass is 457 g/mol. The highest BCUT2D eigenvalue weighted by Gasteiger charge is 2.15. The number of anilines is 1. The van der Waals surface area contributed by atoms with E-state index >= 15 is 0 Å². The number of aromatic nitrogens is 3. The fraction of sp³-hybridized carbons (Fsp3) is 0.0400. The van der Waals surface area contributed by atoms with Crippen LogP contribution < -0.4 is 5.32 Å². The van der Waals surface area contributed by atoms with Gasteiger partial charge < -0.3 is 5.32 Å². The minimum absolute atomic E-state index is 0.128. The Kier molecular flexibility index (Phi) is 6.58. The number of pyridine rings is 1. The first-order chi connectivity index (χ1) is 16.0. The van der Waals surface area contributed by atoms with Crippen LogP contribution in [-0.4, -0.2) is 20.7 Å². The van der Waals surface area contributed by atoms with Crippen LogP contribution >= 0.6 is 11.6 Å². The highest BCUT2D eigenvalue weighted by molar-refractivity contribution is 6.31. The minimum atomic E-state index is -0.645. The molecule has 4 aromatic rings. The standard InChI is InChI=1S/C25H17ClFN5O/c26-22-12-21(8-9-23(22)27)30-25(33)19(13-28)11-20-16-32(15-17-5-2-1-3-6-17)31-24(20)18-7-4-10-29-14-18/h1-12,14,16H,15H2,(H,30,33)/b19-11+. The number of halogens is 2. The highest BCUT2D eigenvalue weighted by Crippen LogP contribution is 2.25. The zero-order valence-corrected chi connectivity index (χ0v) is 18.0. The van der Waals surface area contributed by atoms with Crippen LogP contribution in [0.5, 0.6) is 0 Å². The van der Waals surface area contributed by atoms with Gasteiger partial charge in [0.1, 0.15) is 23.2 Å². The zero-order chi connectivity index (χ0) is 23.2. The number of rotatable bonds is 6. The van der Waals surface area contributed by atoms with E-state index in [1.54, 1.807) is 29.3 Å². The molecular formula is C25H17ClFN5O. The van der Waals surface area contributed by atoms with Gasteiger partial charge >= 0.3 is 0 Å². The summed E-state index contributed by atoms with van der Waals surface area (Å²) in [6.45, 7) is 0.518. The Labute approximate surface area is 194 Å². The Hall–Kier alpha value is -4.28. The van der Waals surface area contributed by atoms with Gasteiger partial charge in [0.2, 0.25) is 0 Å². The lowest BCUT2D eigenvalue weighted by atomic mass is 10.1. The SMILES string of the molecule is N#C/C(=C\c1cn(Cc2ccccc2)nc1-c1cccnc1)C(=O)Nc1ccc(F)c(Cl)c1. The fourth-order valence-corrected chi connectivity index (χ4v) is 3.38. The molecular weight excluding hydrogens is 441 g/mol. The van der Waals surface area contributed by atoms with Crippen molar-refractivity contribution in [2.45, 2.75) is 6.54 Å². The first-order valence-electron chi connectivity index (χ1n) is 9.93. The van der Waals surface area contributed by atoms with Crippen molar-refractivity contribution < 1.29 is 9.18 Å². The molecule has 0 aliphatic carbocycles. The van der Waals surface area contributed by atoms with Gasteiger partial charge in [-0.05, 0) is 42.0 Å². The van der Waals surface area contributed by atoms with Gasteiger partial charge in [0.15, 0.2) is 0 Å². The van der Waals surface area contributed by atoms with E-state index in [1.807, 2.05) is 42.5 Å². The van der Waals surface area contributed by atoms with Crippen molar-refractivity contribution in [3.8, 4) is 17.3 Å². The summed E-state index contributed by atoms with van der Waals surface area (Å²) in [5, 5.41) is 16.7. The third kappa shape index (κ3) is 5.32. The molecule has 33 heavy (non-hydrogen) atoms. The van der Waals surface area contributed by atoms with Crippen molar-refractivity contribution in [3.05, 3.63) is 107 Å². The van der Waals surface area contributed by atoms with Crippen molar-refractivity contribution in [2.24, 2.45) is 0 Å². The van der Waals surface area contributed by atoms with Crippen molar-refractivity contribution in [1.29, 1.82) is 5.26 Å². The van der Waals surface area contributed by atoms with Crippen molar-refractivity contribution in [3.63, 3.8) is 0 Å². The van der Waals surface area contributed by atoms with E-state index in [0.717, 1.165) is 17.2 Å². The van der Waals surface area contributed by atoms with Crippen LogP contribution in [0.3, 0.4) is 0 Å². The largest absolute Gasteiger partial charge is 0.321 e. The predicted octanol–water partition coefficient (Wildman–Crippen LogP) is 5.33. The van der Waals surface area contributed by atoms with Crippen LogP contribution in [0.15, 0.2) is 84.8 Å². The summed E-state index contributed by atoms with van der Waals surface area (Å²) in [6, 6.07) is 19.2. The molecule has 2 aromatic carbocycles. The molecule has 0 unspecified atom stereocenters. The molecule has 162 valence electrons. The van der Waals surface area contributed by atoms with Gasteiger partial charge in [-0.25, -0.2) is 4.39 Å². The second-order valence-corrected chi connectivity index (χ2v) is 7.52. The second kappa shape index (κ2) is 9.90. The van der Waals surface area contributed by atoms with E-state index < -0.39 is 11.7 Å². The number of hydrogen-bond donors (Lipinski definition) is 1. The van der Waals surface area contributed by atoms with E-state index in [2.05, 4.69) is 15.4 Å². The van der Waals surface area contributed by atoms with Gasteiger partial charge in [-0.15, -0.1) is 0 Å². The Morgan fingerprint density at radius 3 is 2.70 bits per heavy atom. The normalized spacial score (nSPS) is 11.1. The summed E-state index contributed by atoms with van der Waals surface area (Å²) in [6.07, 6.45) is 6.56. The summed E-state index contributed by atoms with van der Waals surface area (Å²) >= 11 is 5.78. The van der Waals surface area contributed by atoms with Crippen LogP contribution in [0.25, 0.3) is 17.3 Å². The summed E-state index contributed by atoms with van der Waals surface area (Å²) in [5.41, 5.74) is 3.12. The Bertz CT molecular complexity index is 1360. The second-order valence-electron chi connectivity index (χ2n) is 7.11. The fourth-order valence-electron chi connectivity index (χ4n) is 3.20. The third-order valence-corrected chi connectivity index (χ3v) is 5.04. The Morgan fingerprint density at radius 2 is 2.00 bits per heavy atom. The maximum atomic E-state index is 13.4. The number of hydrogen-bond acceptors (Lipinski definition) is 4. The summed E-state index contributed by atoms with van der Waals surface area (Å²) < 4.78 is 15.1. The Morgan fingerprint density at radius 1 is 1.18 bits per heavy atom. The topological polar surface area (TPSA) is 83.6 Å². The summed E-state index contributed by atoms with van der Waals surface area (Å²) in [5.74, 6) is -1.24. The first kappa shape index (κ1) is 21.9. The molecule has 1 N–H and O–H groups in total. The maximum Gasteiger partial charge on any atom is 0.266 e. The van der Waals surface area contributed by atoms with Crippen LogP contribution in [-0.2, 0) is 11.3 Å². The average Bonchev–Trinajstić information content (AvgIpc) is 3.23. The van der Waals surface area contributed by atoms with Crippen LogP contribution in [0, 0.1) is 17.1 Å². The lowest BCUT2D eigenvalue weighted by Gasteiger charge is -2.05. The molecule has 0 saturated heterocycles. The number of amides is 1. The number of nitrogens with one attached hydrogen (secondary N) is 1. The number of nitrogens with zero attached hydrogens (tertiary/aromatic N) is 4. The zero-order valence-electron chi connectivity index (χ0n) is 17.2. The molecule has 0 fully saturated rings. The molecule has 4 rings (SSSR count). The van der Waals surface area contributed by atoms with Gasteiger partial charge in [-0.2, -0.15) is 10.4 Å². The summed E-state index contributed by atoms with van der Waals surface area (Å²) in [4.78, 5) is 16.9. The average molecular weight is 458 g/mol. The lowest BCUT2D eigenvalue weighted by Crippen LogP contribution is -2.13. The van der Waals surface area contributed by atoms with E-state index in [0.29, 0.717) is 17.8 Å². The smallest absolute Gasteiger partial charge is 0.266 e.